The quantitative estimate of drug-likeness (QED) is 0.198. The van der Waals surface area contributed by atoms with E-state index in [-0.39, 0.29) is 24.2 Å². The Morgan fingerprint density at radius 1 is 0.952 bits per heavy atom. The molecule has 0 bridgehead atoms. The van der Waals surface area contributed by atoms with E-state index >= 15 is 0 Å². The lowest BCUT2D eigenvalue weighted by molar-refractivity contribution is -0.287. The van der Waals surface area contributed by atoms with Crippen molar-refractivity contribution >= 4 is 30.3 Å². The summed E-state index contributed by atoms with van der Waals surface area (Å²) >= 11 is 0. The molecule has 11 atom stereocenters. The van der Waals surface area contributed by atoms with Gasteiger partial charge in [-0.15, -0.1) is 0 Å². The number of rotatable bonds is 7. The van der Waals surface area contributed by atoms with Gasteiger partial charge in [-0.25, -0.2) is 4.79 Å². The van der Waals surface area contributed by atoms with Crippen LogP contribution in [0.25, 0.3) is 6.08 Å². The van der Waals surface area contributed by atoms with E-state index < -0.39 is 58.9 Å². The summed E-state index contributed by atoms with van der Waals surface area (Å²) in [6.07, 6.45) is 3.40. The minimum atomic E-state index is -1.04. The molecule has 9 heteroatoms. The first-order valence-electron chi connectivity index (χ1n) is 15.0. The molecule has 2 heterocycles. The molecule has 2 saturated heterocycles. The van der Waals surface area contributed by atoms with Gasteiger partial charge in [-0.05, 0) is 37.3 Å². The molecule has 228 valence electrons. The largest absolute Gasteiger partial charge is 0.462 e. The summed E-state index contributed by atoms with van der Waals surface area (Å²) < 4.78 is 30.6. The Labute approximate surface area is 247 Å². The summed E-state index contributed by atoms with van der Waals surface area (Å²) in [7, 11) is 0. The zero-order valence-electron chi connectivity index (χ0n) is 25.0. The number of hydrogen-bond donors (Lipinski definition) is 0. The minimum Gasteiger partial charge on any atom is -0.462 e. The third kappa shape index (κ3) is 5.30. The van der Waals surface area contributed by atoms with Crippen molar-refractivity contribution < 1.29 is 42.9 Å². The maximum absolute atomic E-state index is 13.4. The molecule has 1 aromatic carbocycles. The molecule has 42 heavy (non-hydrogen) atoms. The molecule has 5 rings (SSSR count). The van der Waals surface area contributed by atoms with E-state index in [1.807, 2.05) is 44.2 Å². The maximum atomic E-state index is 13.4. The van der Waals surface area contributed by atoms with Crippen LogP contribution < -0.4 is 0 Å². The van der Waals surface area contributed by atoms with Crippen LogP contribution in [0.1, 0.15) is 65.9 Å². The van der Waals surface area contributed by atoms with Crippen molar-refractivity contribution in [1.29, 1.82) is 0 Å². The second kappa shape index (κ2) is 11.9. The number of hydrogen-bond acceptors (Lipinski definition) is 9. The number of aldehydes is 1. The lowest BCUT2D eigenvalue weighted by Crippen LogP contribution is -2.72. The van der Waals surface area contributed by atoms with Crippen LogP contribution in [0, 0.1) is 34.5 Å². The normalized spacial score (nSPS) is 41.0. The number of fused-ring (bicyclic) bond motifs is 2. The smallest absolute Gasteiger partial charge is 0.331 e. The van der Waals surface area contributed by atoms with E-state index in [1.54, 1.807) is 6.08 Å². The molecule has 0 aromatic heterocycles. The van der Waals surface area contributed by atoms with Crippen LogP contribution in [0.15, 0.2) is 36.4 Å². The second-order valence-electron chi connectivity index (χ2n) is 12.8. The van der Waals surface area contributed by atoms with E-state index in [1.165, 1.54) is 19.9 Å². The van der Waals surface area contributed by atoms with Gasteiger partial charge in [-0.3, -0.25) is 9.59 Å². The molecular weight excluding hydrogens is 540 g/mol. The Hall–Kier alpha value is -3.04. The van der Waals surface area contributed by atoms with E-state index in [4.69, 9.17) is 23.7 Å². The molecule has 2 aliphatic heterocycles. The Bertz CT molecular complexity index is 1200. The number of carbonyl (C=O) groups is 4. The molecular formula is C33H42O9. The van der Waals surface area contributed by atoms with Gasteiger partial charge in [-0.2, -0.15) is 0 Å². The van der Waals surface area contributed by atoms with E-state index in [2.05, 4.69) is 6.92 Å². The van der Waals surface area contributed by atoms with Gasteiger partial charge in [0.05, 0.1) is 12.7 Å². The van der Waals surface area contributed by atoms with E-state index in [9.17, 15) is 19.2 Å². The average molecular weight is 583 g/mol. The van der Waals surface area contributed by atoms with E-state index in [0.29, 0.717) is 19.4 Å². The van der Waals surface area contributed by atoms with Crippen LogP contribution >= 0.6 is 0 Å². The van der Waals surface area contributed by atoms with Crippen LogP contribution in [-0.2, 0) is 42.9 Å². The summed E-state index contributed by atoms with van der Waals surface area (Å²) in [5.74, 6) is -2.70. The number of benzene rings is 1. The highest BCUT2D eigenvalue weighted by atomic mass is 16.7. The average Bonchev–Trinajstić information content (AvgIpc) is 3.56. The van der Waals surface area contributed by atoms with Crippen LogP contribution in [0.5, 0.6) is 0 Å². The Morgan fingerprint density at radius 2 is 1.67 bits per heavy atom. The summed E-state index contributed by atoms with van der Waals surface area (Å²) in [6.45, 7) is 9.32. The maximum Gasteiger partial charge on any atom is 0.331 e. The minimum absolute atomic E-state index is 0.230. The van der Waals surface area contributed by atoms with Crippen LogP contribution in [-0.4, -0.2) is 61.5 Å². The van der Waals surface area contributed by atoms with Crippen LogP contribution in [0.3, 0.4) is 0 Å². The fourth-order valence-electron chi connectivity index (χ4n) is 8.54. The molecule has 0 amide bonds. The fraction of sp³-hybridized carbons (Fsp3) is 0.636. The summed E-state index contributed by atoms with van der Waals surface area (Å²) in [5.41, 5.74) is -0.948. The van der Waals surface area contributed by atoms with Crippen LogP contribution in [0.2, 0.25) is 0 Å². The lowest BCUT2D eigenvalue weighted by Gasteiger charge is -2.66. The molecule has 0 spiro atoms. The fourth-order valence-corrected chi connectivity index (χ4v) is 8.54. The first-order chi connectivity index (χ1) is 20.0. The summed E-state index contributed by atoms with van der Waals surface area (Å²) in [5, 5.41) is 0. The first kappa shape index (κ1) is 30.4. The molecule has 1 aromatic rings. The number of ether oxygens (including phenoxy) is 5. The van der Waals surface area contributed by atoms with Gasteiger partial charge in [0.2, 0.25) is 0 Å². The lowest BCUT2D eigenvalue weighted by atomic mass is 9.41. The highest BCUT2D eigenvalue weighted by Crippen LogP contribution is 2.66. The highest BCUT2D eigenvalue weighted by molar-refractivity contribution is 5.87. The van der Waals surface area contributed by atoms with Crippen molar-refractivity contribution in [2.45, 2.75) is 91.0 Å². The molecule has 2 saturated carbocycles. The third-order valence-corrected chi connectivity index (χ3v) is 10.6. The van der Waals surface area contributed by atoms with E-state index in [0.717, 1.165) is 24.7 Å². The van der Waals surface area contributed by atoms with Gasteiger partial charge in [0, 0.05) is 54.4 Å². The summed E-state index contributed by atoms with van der Waals surface area (Å²) in [6, 6.07) is 9.35. The predicted molar refractivity (Wildman–Crippen MR) is 151 cm³/mol. The van der Waals surface area contributed by atoms with Crippen molar-refractivity contribution in [3.05, 3.63) is 42.0 Å². The third-order valence-electron chi connectivity index (χ3n) is 10.6. The molecule has 0 N–H and O–H groups in total. The standard InChI is InChI=1S/C33H42O9/c1-19-28(40-21(3)36)30(42-27(37)14-11-22-9-7-6-8-10-22)33(5)24(18-34)12-13-25(39-20(2)35)29(33)32(19,4)26-17-23-15-16-38-31(23)41-26/h6-11,14,18-19,23-26,28-31H,12-13,15-17H2,1-5H3/t19-,23-,24+,25-,26+,28-,29-,30+,31+,32-,33+/m1/s1. The number of carbonyl (C=O) groups excluding carboxylic acids is 4. The van der Waals surface area contributed by atoms with Crippen molar-refractivity contribution in [3.63, 3.8) is 0 Å². The van der Waals surface area contributed by atoms with Crippen LogP contribution in [0.4, 0.5) is 0 Å². The molecule has 0 radical (unpaired) electrons. The highest BCUT2D eigenvalue weighted by Gasteiger charge is 2.72. The van der Waals surface area contributed by atoms with Crippen molar-refractivity contribution in [2.24, 2.45) is 34.5 Å². The zero-order valence-corrected chi connectivity index (χ0v) is 25.0. The zero-order chi connectivity index (χ0) is 30.2. The topological polar surface area (TPSA) is 114 Å². The SMILES string of the molecule is CC(=O)O[C@@H]1[C@@H](C)[C@](C)([C@@H]2C[C@H]3CCO[C@H]3O2)[C@H]2[C@H](OC(C)=O)CC[C@@H](C=O)[C@]2(C)[C@H]1OC(=O)C=Cc1ccccc1. The molecule has 4 fully saturated rings. The molecule has 9 nitrogen and oxygen atoms in total. The number of esters is 3. The van der Waals surface area contributed by atoms with Crippen molar-refractivity contribution in [1.82, 2.24) is 0 Å². The Kier molecular flexibility index (Phi) is 8.63. The monoisotopic (exact) mass is 582 g/mol. The molecule has 4 aliphatic rings. The van der Waals surface area contributed by atoms with Gasteiger partial charge in [0.15, 0.2) is 6.29 Å². The summed E-state index contributed by atoms with van der Waals surface area (Å²) in [4.78, 5) is 51.1. The molecule has 0 unspecified atom stereocenters. The first-order valence-corrected chi connectivity index (χ1v) is 15.0. The van der Waals surface area contributed by atoms with Crippen molar-refractivity contribution in [2.75, 3.05) is 6.61 Å². The van der Waals surface area contributed by atoms with Gasteiger partial charge in [0.25, 0.3) is 0 Å². The van der Waals surface area contributed by atoms with Gasteiger partial charge in [0.1, 0.15) is 24.6 Å². The second-order valence-corrected chi connectivity index (χ2v) is 12.8. The Balaban J connectivity index is 1.60. The molecule has 2 aliphatic carbocycles. The predicted octanol–water partition coefficient (Wildman–Crippen LogP) is 4.51. The van der Waals surface area contributed by atoms with Crippen molar-refractivity contribution in [3.8, 4) is 0 Å². The van der Waals surface area contributed by atoms with Gasteiger partial charge < -0.3 is 28.5 Å². The van der Waals surface area contributed by atoms with Gasteiger partial charge >= 0.3 is 17.9 Å². The Morgan fingerprint density at radius 3 is 2.31 bits per heavy atom. The van der Waals surface area contributed by atoms with Gasteiger partial charge in [-0.1, -0.05) is 51.1 Å².